The van der Waals surface area contributed by atoms with Crippen LogP contribution in [-0.2, 0) is 6.42 Å². The molecule has 9 heteroatoms. The van der Waals surface area contributed by atoms with Crippen molar-refractivity contribution < 1.29 is 19.4 Å². The van der Waals surface area contributed by atoms with Crippen molar-refractivity contribution in [3.8, 4) is 11.5 Å². The van der Waals surface area contributed by atoms with E-state index in [0.29, 0.717) is 55.5 Å². The van der Waals surface area contributed by atoms with E-state index in [2.05, 4.69) is 4.98 Å². The van der Waals surface area contributed by atoms with Crippen LogP contribution in [0.2, 0.25) is 0 Å². The van der Waals surface area contributed by atoms with Gasteiger partial charge in [-0.1, -0.05) is 12.1 Å². The Hall–Kier alpha value is -2.06. The first-order chi connectivity index (χ1) is 15.1. The quantitative estimate of drug-likeness (QED) is 0.609. The molecule has 33 heavy (non-hydrogen) atoms. The fourth-order valence-corrected chi connectivity index (χ4v) is 4.79. The monoisotopic (exact) mass is 497 g/mol. The van der Waals surface area contributed by atoms with E-state index in [1.807, 2.05) is 35.2 Å². The Morgan fingerprint density at radius 2 is 1.85 bits per heavy atom. The maximum absolute atomic E-state index is 13.1. The third-order valence-corrected chi connectivity index (χ3v) is 6.43. The molecule has 2 aromatic rings. The van der Waals surface area contributed by atoms with Crippen LogP contribution in [0.15, 0.2) is 42.7 Å². The summed E-state index contributed by atoms with van der Waals surface area (Å²) in [5, 5.41) is 10.7. The van der Waals surface area contributed by atoms with Crippen LogP contribution in [0.3, 0.4) is 0 Å². The number of aliphatic hydroxyl groups is 1. The lowest BCUT2D eigenvalue weighted by atomic mass is 9.78. The molecule has 2 heterocycles. The molecule has 1 amide bonds. The van der Waals surface area contributed by atoms with Crippen molar-refractivity contribution in [1.29, 1.82) is 0 Å². The average molecular weight is 498 g/mol. The number of likely N-dealkylation sites (tertiary alicyclic amines) is 1. The van der Waals surface area contributed by atoms with Gasteiger partial charge in [0.15, 0.2) is 11.5 Å². The number of nitrogens with zero attached hydrogens (tertiary/aromatic N) is 2. The van der Waals surface area contributed by atoms with Crippen molar-refractivity contribution in [1.82, 2.24) is 9.88 Å². The second kappa shape index (κ2) is 12.4. The Bertz CT molecular complexity index is 917. The van der Waals surface area contributed by atoms with Crippen LogP contribution < -0.4 is 15.2 Å². The summed E-state index contributed by atoms with van der Waals surface area (Å²) < 4.78 is 11.5. The minimum absolute atomic E-state index is 0. The smallest absolute Gasteiger partial charge is 0.255 e. The van der Waals surface area contributed by atoms with Gasteiger partial charge in [-0.25, -0.2) is 0 Å². The number of ether oxygens (including phenoxy) is 2. The molecule has 1 aliphatic carbocycles. The number of pyridine rings is 1. The van der Waals surface area contributed by atoms with Crippen molar-refractivity contribution in [2.24, 2.45) is 17.6 Å². The minimum atomic E-state index is -0.567. The zero-order valence-electron chi connectivity index (χ0n) is 18.8. The van der Waals surface area contributed by atoms with Gasteiger partial charge in [-0.05, 0) is 67.8 Å². The second-order valence-electron chi connectivity index (χ2n) is 8.55. The first-order valence-corrected chi connectivity index (χ1v) is 11.0. The number of aliphatic hydroxyl groups excluding tert-OH is 1. The standard InChI is InChI=1S/C24H31N3O4.2ClH/c1-30-21-6-2-3-7-22(21)31-23-11-19-15-27(14-18(19)10-20(23)28)24(29)17-9-16(5-4-8-25)12-26-13-17;;/h2-3,6-7,9,12-13,18-20,23,28H,4-5,8,10-11,14-15,25H2,1H3;2*1H/t18-,19+,20+,23+;;/m0../s1. The predicted octanol–water partition coefficient (Wildman–Crippen LogP) is 3.12. The van der Waals surface area contributed by atoms with E-state index >= 15 is 0 Å². The Labute approximate surface area is 207 Å². The molecule has 1 saturated carbocycles. The fourth-order valence-electron chi connectivity index (χ4n) is 4.79. The maximum atomic E-state index is 13.1. The van der Waals surface area contributed by atoms with Crippen molar-refractivity contribution in [2.75, 3.05) is 26.7 Å². The van der Waals surface area contributed by atoms with E-state index in [0.717, 1.165) is 18.4 Å². The van der Waals surface area contributed by atoms with Crippen LogP contribution in [0.25, 0.3) is 0 Å². The number of rotatable bonds is 7. The molecular weight excluding hydrogens is 465 g/mol. The van der Waals surface area contributed by atoms with E-state index in [-0.39, 0.29) is 42.7 Å². The summed E-state index contributed by atoms with van der Waals surface area (Å²) in [6, 6.07) is 9.40. The van der Waals surface area contributed by atoms with Gasteiger partial charge in [-0.2, -0.15) is 0 Å². The summed E-state index contributed by atoms with van der Waals surface area (Å²) in [7, 11) is 1.61. The van der Waals surface area contributed by atoms with Gasteiger partial charge in [-0.3, -0.25) is 9.78 Å². The summed E-state index contributed by atoms with van der Waals surface area (Å²) >= 11 is 0. The molecule has 0 radical (unpaired) electrons. The highest BCUT2D eigenvalue weighted by Gasteiger charge is 2.44. The highest BCUT2D eigenvalue weighted by atomic mass is 35.5. The molecule has 1 aliphatic heterocycles. The van der Waals surface area contributed by atoms with Crippen LogP contribution in [0.5, 0.6) is 11.5 Å². The summed E-state index contributed by atoms with van der Waals surface area (Å²) in [5.41, 5.74) is 7.25. The predicted molar refractivity (Wildman–Crippen MR) is 132 cm³/mol. The van der Waals surface area contributed by atoms with E-state index < -0.39 is 6.10 Å². The van der Waals surface area contributed by atoms with Crippen LogP contribution in [-0.4, -0.2) is 59.8 Å². The molecule has 3 N–H and O–H groups in total. The maximum Gasteiger partial charge on any atom is 0.255 e. The molecule has 1 aromatic heterocycles. The van der Waals surface area contributed by atoms with Crippen LogP contribution in [0.1, 0.15) is 35.2 Å². The molecule has 182 valence electrons. The van der Waals surface area contributed by atoms with Gasteiger partial charge in [0, 0.05) is 25.5 Å². The molecular formula is C24H33Cl2N3O4. The van der Waals surface area contributed by atoms with E-state index in [4.69, 9.17) is 15.2 Å². The highest BCUT2D eigenvalue weighted by Crippen LogP contribution is 2.39. The van der Waals surface area contributed by atoms with Gasteiger partial charge >= 0.3 is 0 Å². The number of hydrogen-bond donors (Lipinski definition) is 2. The third kappa shape index (κ3) is 6.29. The lowest BCUT2D eigenvalue weighted by molar-refractivity contribution is -0.0240. The molecule has 1 saturated heterocycles. The number of carbonyl (C=O) groups excluding carboxylic acids is 1. The number of benzene rings is 1. The SMILES string of the molecule is COc1ccccc1O[C@@H]1C[C@@H]2CN(C(=O)c3cncc(CCCN)c3)C[C@@H]2C[C@H]1O.Cl.Cl. The number of fused-ring (bicyclic) bond motifs is 1. The van der Waals surface area contributed by atoms with Gasteiger partial charge in [0.25, 0.3) is 5.91 Å². The van der Waals surface area contributed by atoms with Crippen LogP contribution >= 0.6 is 24.8 Å². The zero-order valence-corrected chi connectivity index (χ0v) is 20.4. The topological polar surface area (TPSA) is 97.9 Å². The second-order valence-corrected chi connectivity index (χ2v) is 8.55. The van der Waals surface area contributed by atoms with Gasteiger partial charge in [-0.15, -0.1) is 24.8 Å². The van der Waals surface area contributed by atoms with Crippen LogP contribution in [0.4, 0.5) is 0 Å². The van der Waals surface area contributed by atoms with Gasteiger partial charge in [0.1, 0.15) is 6.10 Å². The molecule has 0 unspecified atom stereocenters. The van der Waals surface area contributed by atoms with E-state index in [1.165, 1.54) is 0 Å². The number of methoxy groups -OCH3 is 1. The molecule has 4 rings (SSSR count). The van der Waals surface area contributed by atoms with E-state index in [9.17, 15) is 9.90 Å². The Morgan fingerprint density at radius 1 is 1.15 bits per heavy atom. The minimum Gasteiger partial charge on any atom is -0.493 e. The van der Waals surface area contributed by atoms with E-state index in [1.54, 1.807) is 19.5 Å². The molecule has 2 fully saturated rings. The molecule has 0 bridgehead atoms. The van der Waals surface area contributed by atoms with Crippen molar-refractivity contribution in [3.63, 3.8) is 0 Å². The molecule has 4 atom stereocenters. The number of carbonyl (C=O) groups is 1. The molecule has 7 nitrogen and oxygen atoms in total. The fraction of sp³-hybridized carbons (Fsp3) is 0.500. The van der Waals surface area contributed by atoms with Gasteiger partial charge < -0.3 is 25.2 Å². The summed E-state index contributed by atoms with van der Waals surface area (Å²) in [6.45, 7) is 1.96. The average Bonchev–Trinajstić information content (AvgIpc) is 3.20. The Morgan fingerprint density at radius 3 is 2.55 bits per heavy atom. The Balaban J connectivity index is 0.00000193. The number of para-hydroxylation sites is 2. The first-order valence-electron chi connectivity index (χ1n) is 11.0. The van der Waals surface area contributed by atoms with Gasteiger partial charge in [0.05, 0.1) is 18.8 Å². The largest absolute Gasteiger partial charge is 0.493 e. The summed E-state index contributed by atoms with van der Waals surface area (Å²) in [6.07, 6.45) is 5.59. The molecule has 0 spiro atoms. The highest BCUT2D eigenvalue weighted by molar-refractivity contribution is 5.94. The number of nitrogens with two attached hydrogens (primary N) is 1. The van der Waals surface area contributed by atoms with Crippen LogP contribution in [0, 0.1) is 11.8 Å². The third-order valence-electron chi connectivity index (χ3n) is 6.43. The lowest BCUT2D eigenvalue weighted by Crippen LogP contribution is -2.42. The Kier molecular flexibility index (Phi) is 10.2. The molecule has 1 aromatic carbocycles. The number of aromatic nitrogens is 1. The number of amides is 1. The lowest BCUT2D eigenvalue weighted by Gasteiger charge is -2.35. The van der Waals surface area contributed by atoms with Crippen molar-refractivity contribution >= 4 is 30.7 Å². The zero-order chi connectivity index (χ0) is 21.8. The van der Waals surface area contributed by atoms with Gasteiger partial charge in [0.2, 0.25) is 0 Å². The normalized spacial score (nSPS) is 23.7. The number of halogens is 2. The molecule has 2 aliphatic rings. The number of hydrogen-bond acceptors (Lipinski definition) is 6. The van der Waals surface area contributed by atoms with Crippen molar-refractivity contribution in [2.45, 2.75) is 37.9 Å². The summed E-state index contributed by atoms with van der Waals surface area (Å²) in [5.74, 6) is 1.89. The number of aryl methyl sites for hydroxylation is 1. The summed E-state index contributed by atoms with van der Waals surface area (Å²) in [4.78, 5) is 19.3. The first kappa shape index (κ1) is 27.2. The van der Waals surface area contributed by atoms with Crippen molar-refractivity contribution in [3.05, 3.63) is 53.9 Å².